The first-order valence-electron chi connectivity index (χ1n) is 9.49. The number of H-pyrrole nitrogens is 1. The van der Waals surface area contributed by atoms with Gasteiger partial charge < -0.3 is 15.4 Å². The Labute approximate surface area is 171 Å². The van der Waals surface area contributed by atoms with Gasteiger partial charge in [0.25, 0.3) is 11.8 Å². The van der Waals surface area contributed by atoms with Gasteiger partial charge in [0.2, 0.25) is 0 Å². The molecule has 3 aromatic rings. The second-order valence-corrected chi connectivity index (χ2v) is 6.99. The number of hydrogen-bond donors (Lipinski definition) is 3. The van der Waals surface area contributed by atoms with Crippen molar-refractivity contribution in [2.75, 3.05) is 20.3 Å². The number of nitrogens with one attached hydrogen (secondary N) is 3. The van der Waals surface area contributed by atoms with E-state index in [9.17, 15) is 14.0 Å². The summed E-state index contributed by atoms with van der Waals surface area (Å²) >= 11 is 0. The molecule has 0 fully saturated rings. The smallest absolute Gasteiger partial charge is 0.271 e. The van der Waals surface area contributed by atoms with Gasteiger partial charge in [-0.3, -0.25) is 19.4 Å². The third kappa shape index (κ3) is 4.08. The first-order chi connectivity index (χ1) is 14.5. The first-order valence-corrected chi connectivity index (χ1v) is 9.49. The van der Waals surface area contributed by atoms with E-state index in [-0.39, 0.29) is 23.7 Å². The van der Waals surface area contributed by atoms with Crippen molar-refractivity contribution in [1.29, 1.82) is 0 Å². The molecule has 0 saturated heterocycles. The summed E-state index contributed by atoms with van der Waals surface area (Å²) in [7, 11) is 1.57. The molecule has 0 aliphatic carbocycles. The second-order valence-electron chi connectivity index (χ2n) is 6.99. The minimum absolute atomic E-state index is 0.151. The van der Waals surface area contributed by atoms with E-state index >= 15 is 0 Å². The molecule has 1 aliphatic rings. The average Bonchev–Trinajstić information content (AvgIpc) is 3.43. The molecular weight excluding hydrogens is 391 g/mol. The predicted octanol–water partition coefficient (Wildman–Crippen LogP) is 1.14. The monoisotopic (exact) mass is 412 g/mol. The molecule has 2 amide bonds. The lowest BCUT2D eigenvalue weighted by Gasteiger charge is -2.12. The highest BCUT2D eigenvalue weighted by molar-refractivity contribution is 6.00. The van der Waals surface area contributed by atoms with Crippen LogP contribution in [0.3, 0.4) is 0 Å². The molecule has 3 N–H and O–H groups in total. The normalized spacial score (nSPS) is 15.1. The van der Waals surface area contributed by atoms with Gasteiger partial charge in [-0.25, -0.2) is 4.39 Å². The van der Waals surface area contributed by atoms with Crippen LogP contribution in [-0.2, 0) is 17.7 Å². The number of hydrogen-bond acceptors (Lipinski definition) is 5. The summed E-state index contributed by atoms with van der Waals surface area (Å²) in [6.07, 6.45) is 2.01. The minimum Gasteiger partial charge on any atom is -0.383 e. The van der Waals surface area contributed by atoms with Gasteiger partial charge in [-0.05, 0) is 30.3 Å². The minimum atomic E-state index is -0.351. The number of fused-ring (bicyclic) bond motifs is 1. The molecule has 1 atom stereocenters. The predicted molar refractivity (Wildman–Crippen MR) is 105 cm³/mol. The summed E-state index contributed by atoms with van der Waals surface area (Å²) in [5.41, 5.74) is 2.80. The van der Waals surface area contributed by atoms with Crippen molar-refractivity contribution in [2.24, 2.45) is 0 Å². The Morgan fingerprint density at radius 1 is 1.30 bits per heavy atom. The molecule has 0 spiro atoms. The molecule has 0 radical (unpaired) electrons. The summed E-state index contributed by atoms with van der Waals surface area (Å²) in [5, 5.41) is 16.8. The van der Waals surface area contributed by atoms with Gasteiger partial charge in [-0.1, -0.05) is 0 Å². The number of carbonyl (C=O) groups is 2. The van der Waals surface area contributed by atoms with Gasteiger partial charge in [0.15, 0.2) is 0 Å². The Balaban J connectivity index is 1.38. The van der Waals surface area contributed by atoms with Gasteiger partial charge >= 0.3 is 0 Å². The summed E-state index contributed by atoms with van der Waals surface area (Å²) in [4.78, 5) is 24.9. The number of benzene rings is 1. The Morgan fingerprint density at radius 2 is 2.10 bits per heavy atom. The van der Waals surface area contributed by atoms with Crippen molar-refractivity contribution in [2.45, 2.75) is 19.0 Å². The molecule has 0 unspecified atom stereocenters. The van der Waals surface area contributed by atoms with Gasteiger partial charge in [0.05, 0.1) is 36.6 Å². The Hall–Kier alpha value is -3.53. The largest absolute Gasteiger partial charge is 0.383 e. The maximum absolute atomic E-state index is 13.2. The van der Waals surface area contributed by atoms with Crippen LogP contribution in [0, 0.1) is 5.82 Å². The number of nitrogens with zero attached hydrogens (tertiary/aromatic N) is 3. The standard InChI is InChI=1S/C20H21FN6O3/c1-30-7-6-22-20(29)17-9-15-8-14(11-27(15)26-17)24-19(28)16-10-23-25-18(16)12-2-4-13(21)5-3-12/h2-5,9-10,14H,6-8,11H2,1H3,(H,22,29)(H,23,25)(H,24,28)/t14-/m0/s1. The number of amides is 2. The number of ether oxygens (including phenoxy) is 1. The highest BCUT2D eigenvalue weighted by Gasteiger charge is 2.27. The fourth-order valence-electron chi connectivity index (χ4n) is 3.43. The lowest BCUT2D eigenvalue weighted by atomic mass is 10.1. The SMILES string of the molecule is COCCNC(=O)c1cc2n(n1)C[C@@H](NC(=O)c1cn[nH]c1-c1ccc(F)cc1)C2. The number of rotatable bonds is 7. The van der Waals surface area contributed by atoms with Crippen molar-refractivity contribution < 1.29 is 18.7 Å². The second kappa shape index (κ2) is 8.46. The molecule has 10 heteroatoms. The molecule has 0 saturated carbocycles. The third-order valence-electron chi connectivity index (χ3n) is 4.89. The van der Waals surface area contributed by atoms with Gasteiger partial charge in [-0.15, -0.1) is 0 Å². The summed E-state index contributed by atoms with van der Waals surface area (Å²) < 4.78 is 19.8. The molecule has 3 heterocycles. The summed E-state index contributed by atoms with van der Waals surface area (Å²) in [6.45, 7) is 1.31. The molecule has 30 heavy (non-hydrogen) atoms. The van der Waals surface area contributed by atoms with Crippen LogP contribution in [0.15, 0.2) is 36.5 Å². The van der Waals surface area contributed by atoms with Crippen LogP contribution in [0.5, 0.6) is 0 Å². The molecule has 2 aromatic heterocycles. The van der Waals surface area contributed by atoms with E-state index in [0.717, 1.165) is 5.69 Å². The third-order valence-corrected chi connectivity index (χ3v) is 4.89. The Kier molecular flexibility index (Phi) is 5.57. The van der Waals surface area contributed by atoms with Crippen LogP contribution in [-0.4, -0.2) is 58.1 Å². The van der Waals surface area contributed by atoms with Gasteiger partial charge in [0.1, 0.15) is 11.5 Å². The van der Waals surface area contributed by atoms with Crippen molar-refractivity contribution in [1.82, 2.24) is 30.6 Å². The molecule has 156 valence electrons. The zero-order valence-electron chi connectivity index (χ0n) is 16.3. The molecule has 9 nitrogen and oxygen atoms in total. The molecule has 1 aliphatic heterocycles. The average molecular weight is 412 g/mol. The summed E-state index contributed by atoms with van der Waals surface area (Å²) in [6, 6.07) is 7.42. The van der Waals surface area contributed by atoms with E-state index in [2.05, 4.69) is 25.9 Å². The van der Waals surface area contributed by atoms with E-state index in [4.69, 9.17) is 4.74 Å². The fourth-order valence-corrected chi connectivity index (χ4v) is 3.43. The molecule has 0 bridgehead atoms. The Bertz CT molecular complexity index is 1040. The maximum Gasteiger partial charge on any atom is 0.271 e. The van der Waals surface area contributed by atoms with Crippen molar-refractivity contribution in [3.8, 4) is 11.3 Å². The lowest BCUT2D eigenvalue weighted by molar-refractivity contribution is 0.0921. The van der Waals surface area contributed by atoms with Crippen LogP contribution in [0.25, 0.3) is 11.3 Å². The maximum atomic E-state index is 13.2. The first kappa shape index (κ1) is 19.8. The number of halogens is 1. The van der Waals surface area contributed by atoms with E-state index < -0.39 is 0 Å². The van der Waals surface area contributed by atoms with Crippen LogP contribution in [0.2, 0.25) is 0 Å². The van der Waals surface area contributed by atoms with Crippen LogP contribution in [0.1, 0.15) is 26.5 Å². The molecular formula is C20H21FN6O3. The molecule has 4 rings (SSSR count). The number of methoxy groups -OCH3 is 1. The number of aromatic nitrogens is 4. The van der Waals surface area contributed by atoms with E-state index in [1.165, 1.54) is 18.3 Å². The number of carbonyl (C=O) groups excluding carboxylic acids is 2. The lowest BCUT2D eigenvalue weighted by Crippen LogP contribution is -2.36. The van der Waals surface area contributed by atoms with Crippen molar-refractivity contribution >= 4 is 11.8 Å². The number of aromatic amines is 1. The Morgan fingerprint density at radius 3 is 2.83 bits per heavy atom. The summed E-state index contributed by atoms with van der Waals surface area (Å²) in [5.74, 6) is -0.885. The fraction of sp³-hybridized carbons (Fsp3) is 0.300. The molecule has 1 aromatic carbocycles. The highest BCUT2D eigenvalue weighted by atomic mass is 19.1. The van der Waals surface area contributed by atoms with Gasteiger partial charge in [0, 0.05) is 31.3 Å². The van der Waals surface area contributed by atoms with E-state index in [1.807, 2.05) is 0 Å². The highest BCUT2D eigenvalue weighted by Crippen LogP contribution is 2.22. The van der Waals surface area contributed by atoms with E-state index in [1.54, 1.807) is 30.0 Å². The zero-order valence-corrected chi connectivity index (χ0v) is 16.3. The van der Waals surface area contributed by atoms with Crippen molar-refractivity contribution in [3.63, 3.8) is 0 Å². The van der Waals surface area contributed by atoms with Crippen LogP contribution >= 0.6 is 0 Å². The van der Waals surface area contributed by atoms with E-state index in [0.29, 0.717) is 48.6 Å². The van der Waals surface area contributed by atoms with Crippen LogP contribution < -0.4 is 10.6 Å². The van der Waals surface area contributed by atoms with Gasteiger partial charge in [-0.2, -0.15) is 10.2 Å². The quantitative estimate of drug-likeness (QED) is 0.504. The zero-order chi connectivity index (χ0) is 21.1. The van der Waals surface area contributed by atoms with Crippen LogP contribution in [0.4, 0.5) is 4.39 Å². The topological polar surface area (TPSA) is 114 Å². The van der Waals surface area contributed by atoms with Crippen molar-refractivity contribution in [3.05, 3.63) is 59.3 Å².